The Morgan fingerprint density at radius 2 is 0.437 bits per heavy atom. The number of aryl methyl sites for hydroxylation is 2. The fraction of sp³-hybridized carbons (Fsp3) is 0.328. The Labute approximate surface area is 828 Å². The number of hydrogen-bond donors (Lipinski definition) is 0. The van der Waals surface area contributed by atoms with Gasteiger partial charge in [0.05, 0.1) is 38.0 Å². The topological polar surface area (TPSA) is 177 Å². The smallest absolute Gasteiger partial charge is 0.258 e. The quantitative estimate of drug-likeness (QED) is 0.0365. The summed E-state index contributed by atoms with van der Waals surface area (Å²) in [5.74, 6) is 3.30. The Kier molecular flexibility index (Phi) is 41.5. The SMILES string of the molecule is CC/C(=C/F)COc1ccc2c(c1)CCN(c1ccc(C)cc1)C2=O.CC/C(=C/F)COc1ccc2c(c1)CCN(c1ccc(F)cc1)C2=O.CC/C(=C\F)COc1ccc2c(c1)CCN(c1ccc(C)cc1)C2=O.CC/C(=C\F)COc1ccc2c(c1)CCN(c1ccc(F)cc1)C2=O.CCCN1CCc2cc(OC/C(=C/F)CC)ccc2C1=O.CCCN1CCc2cc(OC/C(=C\F)CC)ccc2C1=O. The molecule has 26 heteroatoms. The standard InChI is InChI=1S/2C21H22FNO2.2C20H19F2NO2.2C17H22FNO2/c2*1-3-16(13-22)14-25-19-8-9-20-17(12-19)10-11-23(21(20)24)18-6-4-15(2)5-7-18;2*1-2-14(12-21)13-25-18-7-8-19-15(11-18)9-10-23(20(19)24)17-5-3-16(22)4-6-17;2*1-3-8-19-9-7-14-10-15(5-6-16(14)17(19)20)21-12-13(4-2)11-18/h2*4-9,12-13H,3,10-11,14H2,1-2H3;2*3-8,11-12H,2,9-10,13H2,1H3;2*5-6,10-11H,3-4,7-9,12H2,1-2H3/b16-13+;16-13-;14-12+;14-12-;13-11+;13-11-. The molecule has 6 amide bonds. The molecule has 0 saturated heterocycles. The van der Waals surface area contributed by atoms with Gasteiger partial charge < -0.3 is 57.8 Å². The van der Waals surface area contributed by atoms with Crippen LogP contribution in [-0.4, -0.2) is 137 Å². The van der Waals surface area contributed by atoms with Crippen LogP contribution in [0.3, 0.4) is 0 Å². The number of halogens is 8. The van der Waals surface area contributed by atoms with Gasteiger partial charge in [0.2, 0.25) is 0 Å². The molecular formula is C116H126F8N6O12. The van der Waals surface area contributed by atoms with Gasteiger partial charge in [-0.05, 0) is 353 Å². The molecule has 16 rings (SSSR count). The lowest BCUT2D eigenvalue weighted by Crippen LogP contribution is -2.37. The second-order valence-corrected chi connectivity index (χ2v) is 34.9. The number of ether oxygens (including phenoxy) is 6. The summed E-state index contributed by atoms with van der Waals surface area (Å²) in [6.45, 7) is 26.3. The molecule has 0 spiro atoms. The van der Waals surface area contributed by atoms with Crippen LogP contribution in [0.15, 0.2) is 278 Å². The van der Waals surface area contributed by atoms with Gasteiger partial charge in [-0.25, -0.2) is 35.1 Å². The maximum absolute atomic E-state index is 13.1. The van der Waals surface area contributed by atoms with Gasteiger partial charge >= 0.3 is 0 Å². The van der Waals surface area contributed by atoms with Crippen molar-refractivity contribution in [2.45, 2.75) is 159 Å². The Hall–Kier alpha value is -14.3. The van der Waals surface area contributed by atoms with E-state index >= 15 is 0 Å². The Morgan fingerprint density at radius 3 is 0.620 bits per heavy atom. The van der Waals surface area contributed by atoms with Crippen LogP contribution in [-0.2, 0) is 38.5 Å². The van der Waals surface area contributed by atoms with Crippen molar-refractivity contribution in [3.05, 3.63) is 367 Å². The van der Waals surface area contributed by atoms with Gasteiger partial charge in [0.15, 0.2) is 0 Å². The Bertz CT molecular complexity index is 5530. The second kappa shape index (κ2) is 54.5. The van der Waals surface area contributed by atoms with Gasteiger partial charge in [0.1, 0.15) is 85.8 Å². The minimum Gasteiger partial charge on any atom is -0.489 e. The van der Waals surface area contributed by atoms with Crippen molar-refractivity contribution >= 4 is 58.2 Å². The largest absolute Gasteiger partial charge is 0.489 e. The molecule has 0 unspecified atom stereocenters. The van der Waals surface area contributed by atoms with E-state index in [-0.39, 0.29) is 86.7 Å². The van der Waals surface area contributed by atoms with E-state index in [1.807, 2.05) is 172 Å². The van der Waals surface area contributed by atoms with Crippen molar-refractivity contribution in [3.8, 4) is 34.5 Å². The third-order valence-electron chi connectivity index (χ3n) is 25.3. The molecule has 6 aliphatic heterocycles. The lowest BCUT2D eigenvalue weighted by atomic mass is 9.98. The summed E-state index contributed by atoms with van der Waals surface area (Å²) < 4.78 is 135. The first-order valence-corrected chi connectivity index (χ1v) is 48.6. The summed E-state index contributed by atoms with van der Waals surface area (Å²) in [6.07, 6.45) is 13.7. The summed E-state index contributed by atoms with van der Waals surface area (Å²) in [4.78, 5) is 86.3. The van der Waals surface area contributed by atoms with E-state index in [0.717, 1.165) is 121 Å². The highest BCUT2D eigenvalue weighted by Gasteiger charge is 2.33. The molecule has 0 atom stereocenters. The molecule has 10 aromatic carbocycles. The maximum Gasteiger partial charge on any atom is 0.258 e. The summed E-state index contributed by atoms with van der Waals surface area (Å²) in [5.41, 5.74) is 19.1. The number of hydrogen-bond acceptors (Lipinski definition) is 12. The molecule has 142 heavy (non-hydrogen) atoms. The van der Waals surface area contributed by atoms with Crippen LogP contribution >= 0.6 is 0 Å². The Morgan fingerprint density at radius 1 is 0.254 bits per heavy atom. The van der Waals surface area contributed by atoms with E-state index in [0.29, 0.717) is 217 Å². The number of anilines is 4. The van der Waals surface area contributed by atoms with Crippen molar-refractivity contribution in [1.29, 1.82) is 0 Å². The van der Waals surface area contributed by atoms with Crippen LogP contribution in [0.2, 0.25) is 0 Å². The first kappa shape index (κ1) is 108. The molecule has 0 aromatic heterocycles. The third-order valence-corrected chi connectivity index (χ3v) is 25.3. The highest BCUT2D eigenvalue weighted by atomic mass is 19.2. The second-order valence-electron chi connectivity index (χ2n) is 34.9. The highest BCUT2D eigenvalue weighted by molar-refractivity contribution is 6.11. The van der Waals surface area contributed by atoms with Crippen molar-refractivity contribution in [1.82, 2.24) is 9.80 Å². The molecule has 0 aliphatic carbocycles. The van der Waals surface area contributed by atoms with Crippen LogP contribution in [0.1, 0.15) is 213 Å². The monoisotopic (exact) mass is 1950 g/mol. The van der Waals surface area contributed by atoms with Gasteiger partial charge in [-0.2, -0.15) is 0 Å². The predicted octanol–water partition coefficient (Wildman–Crippen LogP) is 26.5. The van der Waals surface area contributed by atoms with E-state index in [1.165, 1.54) is 35.4 Å². The number of nitrogens with zero attached hydrogens (tertiary/aromatic N) is 6. The van der Waals surface area contributed by atoms with Crippen molar-refractivity contribution in [2.75, 3.05) is 112 Å². The maximum atomic E-state index is 13.1. The van der Waals surface area contributed by atoms with Gasteiger partial charge in [-0.3, -0.25) is 28.8 Å². The van der Waals surface area contributed by atoms with E-state index in [9.17, 15) is 63.9 Å². The summed E-state index contributed by atoms with van der Waals surface area (Å²) in [7, 11) is 0. The van der Waals surface area contributed by atoms with Gasteiger partial charge in [0.25, 0.3) is 35.4 Å². The number of carbonyl (C=O) groups is 6. The number of rotatable bonds is 32. The molecule has 748 valence electrons. The van der Waals surface area contributed by atoms with Crippen LogP contribution in [0, 0.1) is 25.5 Å². The number of amides is 6. The summed E-state index contributed by atoms with van der Waals surface area (Å²) in [6, 6.07) is 60.3. The first-order valence-electron chi connectivity index (χ1n) is 48.6. The molecule has 0 fully saturated rings. The van der Waals surface area contributed by atoms with Crippen molar-refractivity contribution < 1.29 is 92.3 Å². The van der Waals surface area contributed by atoms with Crippen LogP contribution < -0.4 is 48.0 Å². The summed E-state index contributed by atoms with van der Waals surface area (Å²) in [5, 5.41) is 0. The fourth-order valence-electron chi connectivity index (χ4n) is 16.4. The van der Waals surface area contributed by atoms with Gasteiger partial charge in [0, 0.05) is 108 Å². The van der Waals surface area contributed by atoms with Crippen molar-refractivity contribution in [2.24, 2.45) is 0 Å². The number of carbonyl (C=O) groups excluding carboxylic acids is 6. The third kappa shape index (κ3) is 29.4. The minimum atomic E-state index is -0.329. The zero-order valence-corrected chi connectivity index (χ0v) is 82.5. The van der Waals surface area contributed by atoms with E-state index in [2.05, 4.69) is 13.8 Å². The molecule has 18 nitrogen and oxygen atoms in total. The first-order chi connectivity index (χ1) is 68.8. The van der Waals surface area contributed by atoms with Crippen LogP contribution in [0.5, 0.6) is 34.5 Å². The lowest BCUT2D eigenvalue weighted by Gasteiger charge is -2.29. The lowest BCUT2D eigenvalue weighted by molar-refractivity contribution is 0.0732. The normalized spacial score (nSPS) is 14.6. The van der Waals surface area contributed by atoms with E-state index in [1.54, 1.807) is 94.7 Å². The van der Waals surface area contributed by atoms with E-state index in [4.69, 9.17) is 28.4 Å². The molecule has 0 saturated carbocycles. The zero-order chi connectivity index (χ0) is 102. The molecule has 0 N–H and O–H groups in total. The molecule has 6 aliphatic rings. The van der Waals surface area contributed by atoms with Crippen molar-refractivity contribution in [3.63, 3.8) is 0 Å². The number of benzene rings is 10. The number of fused-ring (bicyclic) bond motifs is 6. The molecule has 10 aromatic rings. The highest BCUT2D eigenvalue weighted by Crippen LogP contribution is 2.36. The molecule has 6 heterocycles. The molecule has 0 radical (unpaired) electrons. The Balaban J connectivity index is 0.000000163. The predicted molar refractivity (Wildman–Crippen MR) is 545 cm³/mol. The fourth-order valence-corrected chi connectivity index (χ4v) is 16.4. The average Bonchev–Trinajstić information content (AvgIpc) is 0.807. The van der Waals surface area contributed by atoms with Gasteiger partial charge in [-0.15, -0.1) is 0 Å². The average molecular weight is 1950 g/mol. The molecular weight excluding hydrogens is 1820 g/mol. The zero-order valence-electron chi connectivity index (χ0n) is 82.5. The minimum absolute atomic E-state index is 0.00885. The van der Waals surface area contributed by atoms with Crippen LogP contribution in [0.4, 0.5) is 57.9 Å². The molecule has 0 bridgehead atoms. The van der Waals surface area contributed by atoms with Crippen LogP contribution in [0.25, 0.3) is 0 Å². The van der Waals surface area contributed by atoms with E-state index < -0.39 is 0 Å². The van der Waals surface area contributed by atoms with Gasteiger partial charge in [-0.1, -0.05) is 90.8 Å². The summed E-state index contributed by atoms with van der Waals surface area (Å²) >= 11 is 0.